The van der Waals surface area contributed by atoms with E-state index in [-0.39, 0.29) is 5.56 Å². The van der Waals surface area contributed by atoms with Crippen molar-refractivity contribution in [3.05, 3.63) is 70.5 Å². The predicted octanol–water partition coefficient (Wildman–Crippen LogP) is 4.60. The fraction of sp³-hybridized carbons (Fsp3) is 0.235. The van der Waals surface area contributed by atoms with Crippen molar-refractivity contribution in [3.8, 4) is 0 Å². The van der Waals surface area contributed by atoms with Gasteiger partial charge in [0.25, 0.3) is 0 Å². The fourth-order valence-electron chi connectivity index (χ4n) is 2.50. The first-order chi connectivity index (χ1) is 10.1. The highest BCUT2D eigenvalue weighted by Gasteiger charge is 2.20. The van der Waals surface area contributed by atoms with Crippen LogP contribution >= 0.6 is 0 Å². The second kappa shape index (κ2) is 5.35. The molecule has 4 heteroatoms. The number of carbonyl (C=O) groups excluding carboxylic acids is 1. The maximum atomic E-state index is 13.2. The fourth-order valence-corrected chi connectivity index (χ4v) is 2.50. The first-order valence-electron chi connectivity index (χ1n) is 6.85. The Morgan fingerprint density at radius 3 is 1.95 bits per heavy atom. The van der Waals surface area contributed by atoms with Crippen LogP contribution in [0.3, 0.4) is 0 Å². The molecule has 0 aromatic heterocycles. The highest BCUT2D eigenvalue weighted by molar-refractivity contribution is 6.09. The molecule has 0 spiro atoms. The maximum Gasteiger partial charge on any atom is 0.194 e. The summed E-state index contributed by atoms with van der Waals surface area (Å²) in [5.41, 5.74) is 1.32. The van der Waals surface area contributed by atoms with Gasteiger partial charge < -0.3 is 0 Å². The minimum Gasteiger partial charge on any atom is -0.289 e. The SMILES string of the molecule is O=C(c1ccc(C2CCC2)cc1)c1cc(F)c(F)c(F)c1. The van der Waals surface area contributed by atoms with Crippen LogP contribution in [0.25, 0.3) is 0 Å². The number of ketones is 1. The van der Waals surface area contributed by atoms with Crippen LogP contribution in [-0.2, 0) is 0 Å². The number of hydrogen-bond donors (Lipinski definition) is 0. The molecule has 0 amide bonds. The van der Waals surface area contributed by atoms with Gasteiger partial charge in [0.05, 0.1) is 0 Å². The van der Waals surface area contributed by atoms with Gasteiger partial charge in [0.2, 0.25) is 0 Å². The Balaban J connectivity index is 1.87. The van der Waals surface area contributed by atoms with E-state index in [9.17, 15) is 18.0 Å². The minimum absolute atomic E-state index is 0.192. The van der Waals surface area contributed by atoms with Crippen molar-refractivity contribution in [1.29, 1.82) is 0 Å². The molecule has 0 saturated heterocycles. The lowest BCUT2D eigenvalue weighted by atomic mass is 9.80. The smallest absolute Gasteiger partial charge is 0.194 e. The lowest BCUT2D eigenvalue weighted by Crippen LogP contribution is -2.09. The number of hydrogen-bond acceptors (Lipinski definition) is 1. The Labute approximate surface area is 120 Å². The van der Waals surface area contributed by atoms with E-state index in [1.165, 1.54) is 12.0 Å². The maximum absolute atomic E-state index is 13.2. The molecule has 1 aliphatic carbocycles. The summed E-state index contributed by atoms with van der Waals surface area (Å²) in [5, 5.41) is 0. The zero-order valence-corrected chi connectivity index (χ0v) is 11.2. The van der Waals surface area contributed by atoms with Crippen molar-refractivity contribution in [2.75, 3.05) is 0 Å². The van der Waals surface area contributed by atoms with Crippen LogP contribution in [0.15, 0.2) is 36.4 Å². The third kappa shape index (κ3) is 2.58. The second-order valence-corrected chi connectivity index (χ2v) is 5.33. The Hall–Kier alpha value is -2.10. The molecule has 3 rings (SSSR count). The van der Waals surface area contributed by atoms with E-state index in [0.717, 1.165) is 25.0 Å². The number of benzene rings is 2. The van der Waals surface area contributed by atoms with E-state index in [1.807, 2.05) is 12.1 Å². The topological polar surface area (TPSA) is 17.1 Å². The van der Waals surface area contributed by atoms with Crippen LogP contribution in [0.4, 0.5) is 13.2 Å². The van der Waals surface area contributed by atoms with Crippen molar-refractivity contribution in [1.82, 2.24) is 0 Å². The molecule has 0 aliphatic heterocycles. The molecule has 108 valence electrons. The monoisotopic (exact) mass is 290 g/mol. The van der Waals surface area contributed by atoms with Gasteiger partial charge in [-0.2, -0.15) is 0 Å². The summed E-state index contributed by atoms with van der Waals surface area (Å²) in [5.74, 6) is -4.25. The zero-order valence-electron chi connectivity index (χ0n) is 11.2. The second-order valence-electron chi connectivity index (χ2n) is 5.33. The Morgan fingerprint density at radius 2 is 1.48 bits per heavy atom. The summed E-state index contributed by atoms with van der Waals surface area (Å²) in [6.07, 6.45) is 3.53. The number of halogens is 3. The van der Waals surface area contributed by atoms with Crippen molar-refractivity contribution >= 4 is 5.78 Å². The van der Waals surface area contributed by atoms with Crippen LogP contribution < -0.4 is 0 Å². The van der Waals surface area contributed by atoms with E-state index >= 15 is 0 Å². The van der Waals surface area contributed by atoms with Crippen molar-refractivity contribution in [2.45, 2.75) is 25.2 Å². The highest BCUT2D eigenvalue weighted by Crippen LogP contribution is 2.36. The largest absolute Gasteiger partial charge is 0.289 e. The van der Waals surface area contributed by atoms with E-state index in [4.69, 9.17) is 0 Å². The summed E-state index contributed by atoms with van der Waals surface area (Å²) in [7, 11) is 0. The number of rotatable bonds is 3. The van der Waals surface area contributed by atoms with Crippen LogP contribution in [0.2, 0.25) is 0 Å². The summed E-state index contributed by atoms with van der Waals surface area (Å²) in [6, 6.07) is 8.48. The van der Waals surface area contributed by atoms with Gasteiger partial charge >= 0.3 is 0 Å². The average Bonchev–Trinajstić information content (AvgIpc) is 2.42. The standard InChI is InChI=1S/C17H13F3O/c18-14-8-13(9-15(19)16(14)20)17(21)12-6-4-11(5-7-12)10-2-1-3-10/h4-10H,1-3H2. The van der Waals surface area contributed by atoms with Gasteiger partial charge in [0.1, 0.15) is 0 Å². The molecule has 21 heavy (non-hydrogen) atoms. The molecule has 1 aliphatic rings. The van der Waals surface area contributed by atoms with E-state index in [1.54, 1.807) is 12.1 Å². The summed E-state index contributed by atoms with van der Waals surface area (Å²) < 4.78 is 39.2. The predicted molar refractivity (Wildman–Crippen MR) is 72.8 cm³/mol. The van der Waals surface area contributed by atoms with Gasteiger partial charge in [-0.3, -0.25) is 4.79 Å². The van der Waals surface area contributed by atoms with Gasteiger partial charge in [-0.25, -0.2) is 13.2 Å². The van der Waals surface area contributed by atoms with Crippen LogP contribution in [0.1, 0.15) is 46.7 Å². The lowest BCUT2D eigenvalue weighted by molar-refractivity contribution is 0.103. The summed E-state index contributed by atoms with van der Waals surface area (Å²) >= 11 is 0. The molecular weight excluding hydrogens is 277 g/mol. The zero-order chi connectivity index (χ0) is 15.0. The molecule has 0 N–H and O–H groups in total. The number of carbonyl (C=O) groups is 1. The normalized spacial score (nSPS) is 14.8. The minimum atomic E-state index is -1.56. The molecule has 2 aromatic rings. The molecule has 1 nitrogen and oxygen atoms in total. The molecule has 0 unspecified atom stereocenters. The van der Waals surface area contributed by atoms with Crippen molar-refractivity contribution in [3.63, 3.8) is 0 Å². The van der Waals surface area contributed by atoms with E-state index < -0.39 is 23.2 Å². The van der Waals surface area contributed by atoms with Gasteiger partial charge in [0, 0.05) is 11.1 Å². The quantitative estimate of drug-likeness (QED) is 0.596. The van der Waals surface area contributed by atoms with Crippen molar-refractivity contribution < 1.29 is 18.0 Å². The van der Waals surface area contributed by atoms with Gasteiger partial charge in [0.15, 0.2) is 23.2 Å². The molecule has 1 saturated carbocycles. The first kappa shape index (κ1) is 13.9. The molecule has 0 heterocycles. The van der Waals surface area contributed by atoms with Gasteiger partial charge in [-0.1, -0.05) is 30.7 Å². The highest BCUT2D eigenvalue weighted by atomic mass is 19.2. The van der Waals surface area contributed by atoms with Crippen molar-refractivity contribution in [2.24, 2.45) is 0 Å². The molecule has 0 bridgehead atoms. The third-order valence-corrected chi connectivity index (χ3v) is 4.00. The van der Waals surface area contributed by atoms with Crippen LogP contribution in [-0.4, -0.2) is 5.78 Å². The summed E-state index contributed by atoms with van der Waals surface area (Å²) in [6.45, 7) is 0. The molecule has 0 radical (unpaired) electrons. The molecule has 1 fully saturated rings. The Morgan fingerprint density at radius 1 is 0.905 bits per heavy atom. The third-order valence-electron chi connectivity index (χ3n) is 4.00. The van der Waals surface area contributed by atoms with Crippen LogP contribution in [0.5, 0.6) is 0 Å². The molecular formula is C17H13F3O. The summed E-state index contributed by atoms with van der Waals surface area (Å²) in [4.78, 5) is 12.2. The van der Waals surface area contributed by atoms with Gasteiger partial charge in [-0.15, -0.1) is 0 Å². The molecule has 0 atom stereocenters. The average molecular weight is 290 g/mol. The van der Waals surface area contributed by atoms with Gasteiger partial charge in [-0.05, 0) is 36.5 Å². The molecule has 2 aromatic carbocycles. The van der Waals surface area contributed by atoms with E-state index in [0.29, 0.717) is 11.5 Å². The Kier molecular flexibility index (Phi) is 3.53. The Bertz CT molecular complexity index is 665. The van der Waals surface area contributed by atoms with E-state index in [2.05, 4.69) is 0 Å². The first-order valence-corrected chi connectivity index (χ1v) is 6.85. The van der Waals surface area contributed by atoms with Crippen LogP contribution in [0, 0.1) is 17.5 Å². The lowest BCUT2D eigenvalue weighted by Gasteiger charge is -2.25.